The second kappa shape index (κ2) is 9.93. The number of aromatic nitrogens is 5. The first-order valence-corrected chi connectivity index (χ1v) is 13.7. The number of benzene rings is 1. The number of nitriles is 1. The maximum atomic E-state index is 13.6. The van der Waals surface area contributed by atoms with Crippen LogP contribution in [0.3, 0.4) is 0 Å². The zero-order chi connectivity index (χ0) is 27.0. The quantitative estimate of drug-likeness (QED) is 0.332. The third-order valence-corrected chi connectivity index (χ3v) is 8.70. The van der Waals surface area contributed by atoms with Crippen LogP contribution >= 0.6 is 0 Å². The number of carbonyl (C=O) groups is 1. The number of fused-ring (bicyclic) bond motifs is 1. The molecule has 200 valence electrons. The molecule has 9 heteroatoms. The van der Waals surface area contributed by atoms with E-state index in [1.807, 2.05) is 52.7 Å². The molecule has 9 nitrogen and oxygen atoms in total. The van der Waals surface area contributed by atoms with E-state index in [0.717, 1.165) is 36.3 Å². The molecule has 0 unspecified atom stereocenters. The van der Waals surface area contributed by atoms with Crippen molar-refractivity contribution in [3.8, 4) is 6.07 Å². The first-order chi connectivity index (χ1) is 18.9. The van der Waals surface area contributed by atoms with Gasteiger partial charge in [0.25, 0.3) is 5.91 Å². The highest BCUT2D eigenvalue weighted by molar-refractivity contribution is 6.08. The summed E-state index contributed by atoms with van der Waals surface area (Å²) in [5.41, 5.74) is 4.07. The largest absolute Gasteiger partial charge is 0.322 e. The van der Waals surface area contributed by atoms with Gasteiger partial charge in [-0.25, -0.2) is 4.98 Å². The summed E-state index contributed by atoms with van der Waals surface area (Å²) < 4.78 is 3.87. The smallest absolute Gasteiger partial charge is 0.259 e. The van der Waals surface area contributed by atoms with E-state index < -0.39 is 0 Å². The fraction of sp³-hybridized carbons (Fsp3) is 0.433. The molecule has 2 aliphatic rings. The Kier molecular flexibility index (Phi) is 6.43. The van der Waals surface area contributed by atoms with Crippen molar-refractivity contribution in [1.82, 2.24) is 29.5 Å². The number of anilines is 1. The molecule has 2 saturated carbocycles. The lowest BCUT2D eigenvalue weighted by atomic mass is 9.57. The molecule has 3 heterocycles. The first-order valence-electron chi connectivity index (χ1n) is 13.7. The summed E-state index contributed by atoms with van der Waals surface area (Å²) in [5, 5.41) is 24.5. The predicted octanol–water partition coefficient (Wildman–Crippen LogP) is 4.60. The van der Waals surface area contributed by atoms with Gasteiger partial charge in [0.05, 0.1) is 17.0 Å². The minimum absolute atomic E-state index is 0.195. The summed E-state index contributed by atoms with van der Waals surface area (Å²) in [6.45, 7) is 4.01. The van der Waals surface area contributed by atoms with Gasteiger partial charge in [-0.05, 0) is 66.3 Å². The molecule has 0 spiro atoms. The van der Waals surface area contributed by atoms with Crippen molar-refractivity contribution in [3.05, 3.63) is 77.8 Å². The van der Waals surface area contributed by atoms with Gasteiger partial charge in [0.1, 0.15) is 17.8 Å². The Labute approximate surface area is 228 Å². The number of nitrogens with one attached hydrogen (secondary N) is 2. The Morgan fingerprint density at radius 2 is 2.10 bits per heavy atom. The Balaban J connectivity index is 1.24. The molecule has 6 rings (SSSR count). The number of hydrogen-bond donors (Lipinski definition) is 2. The fourth-order valence-corrected chi connectivity index (χ4v) is 6.38. The van der Waals surface area contributed by atoms with Crippen molar-refractivity contribution in [2.75, 3.05) is 11.9 Å². The van der Waals surface area contributed by atoms with E-state index in [2.05, 4.69) is 44.9 Å². The van der Waals surface area contributed by atoms with Crippen LogP contribution in [0.25, 0.3) is 5.65 Å². The second-order valence-electron chi connectivity index (χ2n) is 11.7. The molecule has 0 radical (unpaired) electrons. The monoisotopic (exact) mass is 522 g/mol. The van der Waals surface area contributed by atoms with Crippen molar-refractivity contribution < 1.29 is 4.79 Å². The Hall–Kier alpha value is -4.03. The van der Waals surface area contributed by atoms with Crippen molar-refractivity contribution in [1.29, 1.82) is 5.26 Å². The third kappa shape index (κ3) is 4.70. The average Bonchev–Trinajstić information content (AvgIpc) is 3.53. The fourth-order valence-electron chi connectivity index (χ4n) is 6.38. The lowest BCUT2D eigenvalue weighted by Crippen LogP contribution is -2.44. The minimum atomic E-state index is -0.327. The summed E-state index contributed by atoms with van der Waals surface area (Å²) in [6.07, 6.45) is 13.4. The van der Waals surface area contributed by atoms with Crippen molar-refractivity contribution in [3.63, 3.8) is 0 Å². The maximum absolute atomic E-state index is 13.6. The highest BCUT2D eigenvalue weighted by Crippen LogP contribution is 2.53. The normalized spacial score (nSPS) is 21.6. The van der Waals surface area contributed by atoms with Crippen LogP contribution in [0.4, 0.5) is 5.69 Å². The SMILES string of the molecule is Cn1cnnc1C1(c2cccc(NC(=O)c3cc(CNCC4(C)CCC4)cn4ccnc34)c2)CC(CC#N)C1. The zero-order valence-electron chi connectivity index (χ0n) is 22.5. The number of amides is 1. The topological polar surface area (TPSA) is 113 Å². The molecule has 2 aliphatic carbocycles. The molecule has 4 aromatic rings. The van der Waals surface area contributed by atoms with E-state index >= 15 is 0 Å². The molecule has 0 atom stereocenters. The van der Waals surface area contributed by atoms with Gasteiger partial charge >= 0.3 is 0 Å². The van der Waals surface area contributed by atoms with Crippen molar-refractivity contribution in [2.24, 2.45) is 18.4 Å². The van der Waals surface area contributed by atoms with Gasteiger partial charge in [0.2, 0.25) is 0 Å². The maximum Gasteiger partial charge on any atom is 0.259 e. The number of aryl methyl sites for hydroxylation is 1. The lowest BCUT2D eigenvalue weighted by Gasteiger charge is -2.46. The van der Waals surface area contributed by atoms with Crippen LogP contribution in [-0.2, 0) is 19.0 Å². The van der Waals surface area contributed by atoms with Crippen molar-refractivity contribution in [2.45, 2.75) is 57.4 Å². The predicted molar refractivity (Wildman–Crippen MR) is 148 cm³/mol. The second-order valence-corrected chi connectivity index (χ2v) is 11.7. The van der Waals surface area contributed by atoms with Crippen LogP contribution in [-0.4, -0.2) is 36.6 Å². The van der Waals surface area contributed by atoms with Gasteiger partial charge in [-0.15, -0.1) is 10.2 Å². The van der Waals surface area contributed by atoms with Crippen LogP contribution in [0.15, 0.2) is 55.2 Å². The Morgan fingerprint density at radius 3 is 2.82 bits per heavy atom. The van der Waals surface area contributed by atoms with Gasteiger partial charge in [0.15, 0.2) is 0 Å². The number of carbonyl (C=O) groups excluding carboxylic acids is 1. The number of hydrogen-bond acceptors (Lipinski definition) is 6. The van der Waals surface area contributed by atoms with Gasteiger partial charge in [-0.2, -0.15) is 5.26 Å². The van der Waals surface area contributed by atoms with Crippen molar-refractivity contribution >= 4 is 17.2 Å². The Bertz CT molecular complexity index is 1550. The van der Waals surface area contributed by atoms with E-state index in [-0.39, 0.29) is 11.3 Å². The molecule has 1 aromatic carbocycles. The van der Waals surface area contributed by atoms with E-state index in [1.165, 1.54) is 19.3 Å². The molecule has 1 amide bonds. The summed E-state index contributed by atoms with van der Waals surface area (Å²) in [6, 6.07) is 12.2. The van der Waals surface area contributed by atoms with E-state index in [1.54, 1.807) is 12.5 Å². The molecular weight excluding hydrogens is 488 g/mol. The van der Waals surface area contributed by atoms with Gasteiger partial charge < -0.3 is 19.6 Å². The average molecular weight is 523 g/mol. The first kappa shape index (κ1) is 25.3. The summed E-state index contributed by atoms with van der Waals surface area (Å²) in [7, 11) is 1.95. The standard InChI is InChI=1S/C30H34N8O/c1-29(8-4-9-29)19-32-17-22-13-25(26-33-11-12-38(26)18-22)27(39)35-24-6-3-5-23(14-24)30(15-21(16-30)7-10-31)28-36-34-20-37(28)2/h3,5-6,11-14,18,20-21,32H,4,7-9,15-17,19H2,1-2H3,(H,35,39). The number of pyridine rings is 1. The van der Waals surface area contributed by atoms with Crippen LogP contribution in [0.5, 0.6) is 0 Å². The highest BCUT2D eigenvalue weighted by Gasteiger charge is 2.49. The number of imidazole rings is 1. The lowest BCUT2D eigenvalue weighted by molar-refractivity contribution is 0.102. The van der Waals surface area contributed by atoms with Crippen LogP contribution in [0.1, 0.15) is 72.8 Å². The zero-order valence-corrected chi connectivity index (χ0v) is 22.5. The van der Waals surface area contributed by atoms with Gasteiger partial charge in [-0.1, -0.05) is 25.5 Å². The number of rotatable bonds is 9. The molecule has 0 bridgehead atoms. The molecule has 2 N–H and O–H groups in total. The van der Waals surface area contributed by atoms with Gasteiger partial charge in [0, 0.05) is 50.8 Å². The molecule has 3 aromatic heterocycles. The highest BCUT2D eigenvalue weighted by atomic mass is 16.1. The van der Waals surface area contributed by atoms with E-state index in [0.29, 0.717) is 41.2 Å². The van der Waals surface area contributed by atoms with E-state index in [4.69, 9.17) is 0 Å². The van der Waals surface area contributed by atoms with Crippen LogP contribution in [0, 0.1) is 22.7 Å². The molecule has 2 fully saturated rings. The minimum Gasteiger partial charge on any atom is -0.322 e. The molecule has 0 saturated heterocycles. The molecule has 39 heavy (non-hydrogen) atoms. The Morgan fingerprint density at radius 1 is 1.26 bits per heavy atom. The van der Waals surface area contributed by atoms with Gasteiger partial charge in [-0.3, -0.25) is 4.79 Å². The summed E-state index contributed by atoms with van der Waals surface area (Å²) in [5.74, 6) is 1.01. The van der Waals surface area contributed by atoms with Crippen LogP contribution < -0.4 is 10.6 Å². The third-order valence-electron chi connectivity index (χ3n) is 8.70. The molecule has 0 aliphatic heterocycles. The molecular formula is C30H34N8O. The number of nitrogens with zero attached hydrogens (tertiary/aromatic N) is 6. The van der Waals surface area contributed by atoms with Crippen LogP contribution in [0.2, 0.25) is 0 Å². The summed E-state index contributed by atoms with van der Waals surface area (Å²) >= 11 is 0. The van der Waals surface area contributed by atoms with E-state index in [9.17, 15) is 10.1 Å². The summed E-state index contributed by atoms with van der Waals surface area (Å²) in [4.78, 5) is 18.0.